The summed E-state index contributed by atoms with van der Waals surface area (Å²) < 4.78 is 7.84. The Balaban J connectivity index is 1.71. The van der Waals surface area contributed by atoms with Gasteiger partial charge >= 0.3 is 0 Å². The van der Waals surface area contributed by atoms with E-state index >= 15 is 0 Å². The molecule has 0 aliphatic carbocycles. The van der Waals surface area contributed by atoms with Crippen molar-refractivity contribution in [2.24, 2.45) is 5.10 Å². The maximum atomic E-state index is 5.70. The van der Waals surface area contributed by atoms with E-state index in [2.05, 4.69) is 45.4 Å². The number of para-hydroxylation sites is 1. The first-order chi connectivity index (χ1) is 11.8. The first-order valence-electron chi connectivity index (χ1n) is 8.20. The van der Waals surface area contributed by atoms with Gasteiger partial charge in [0.05, 0.1) is 6.21 Å². The summed E-state index contributed by atoms with van der Waals surface area (Å²) in [6.07, 6.45) is 6.73. The zero-order valence-corrected chi connectivity index (χ0v) is 14.3. The molecule has 1 saturated heterocycles. The maximum absolute atomic E-state index is 5.70. The van der Waals surface area contributed by atoms with Crippen LogP contribution in [0.3, 0.4) is 0 Å². The largest absolute Gasteiger partial charge is 0.370 e. The summed E-state index contributed by atoms with van der Waals surface area (Å²) in [5.74, 6) is 0.739. The van der Waals surface area contributed by atoms with Gasteiger partial charge in [0.2, 0.25) is 4.77 Å². The van der Waals surface area contributed by atoms with Gasteiger partial charge in [0.1, 0.15) is 6.10 Å². The van der Waals surface area contributed by atoms with E-state index in [1.165, 1.54) is 5.56 Å². The summed E-state index contributed by atoms with van der Waals surface area (Å²) in [6.45, 7) is 2.91. The molecule has 2 N–H and O–H groups in total. The molecule has 0 amide bonds. The predicted molar refractivity (Wildman–Crippen MR) is 96.0 cm³/mol. The highest BCUT2D eigenvalue weighted by Gasteiger charge is 2.23. The van der Waals surface area contributed by atoms with E-state index < -0.39 is 0 Å². The van der Waals surface area contributed by atoms with Gasteiger partial charge in [-0.2, -0.15) is 14.9 Å². The summed E-state index contributed by atoms with van der Waals surface area (Å²) in [4.78, 5) is 3.35. The van der Waals surface area contributed by atoms with Crippen LogP contribution in [-0.4, -0.2) is 32.7 Å². The van der Waals surface area contributed by atoms with Crippen LogP contribution in [0.5, 0.6) is 0 Å². The standard InChI is InChI=1S/C17H19N5OS/c1-2-11-5-3-6-13-12(9-18-15(11)13)10-19-22-16(20-21-17(22)24)14-7-4-8-23-14/h3,5-6,9-10,14,18H,2,4,7-8H2,1H3,(H,21,24)/b19-10+/t14-/m0/s1. The minimum absolute atomic E-state index is 0.0373. The van der Waals surface area contributed by atoms with E-state index in [4.69, 9.17) is 17.0 Å². The van der Waals surface area contributed by atoms with Gasteiger partial charge in [0.15, 0.2) is 5.82 Å². The highest BCUT2D eigenvalue weighted by molar-refractivity contribution is 7.71. The molecule has 3 aromatic rings. The molecule has 0 unspecified atom stereocenters. The van der Waals surface area contributed by atoms with Crippen LogP contribution >= 0.6 is 12.2 Å². The Morgan fingerprint density at radius 1 is 1.50 bits per heavy atom. The number of nitrogens with zero attached hydrogens (tertiary/aromatic N) is 3. The van der Waals surface area contributed by atoms with Crippen LogP contribution in [0.15, 0.2) is 29.5 Å². The molecule has 4 rings (SSSR count). The van der Waals surface area contributed by atoms with Crippen molar-refractivity contribution in [3.63, 3.8) is 0 Å². The van der Waals surface area contributed by atoms with Gasteiger partial charge in [-0.25, -0.2) is 0 Å². The molecule has 0 radical (unpaired) electrons. The van der Waals surface area contributed by atoms with Gasteiger partial charge in [0, 0.05) is 29.3 Å². The number of ether oxygens (including phenoxy) is 1. The average molecular weight is 341 g/mol. The lowest BCUT2D eigenvalue weighted by atomic mass is 10.1. The molecule has 2 aromatic heterocycles. The fourth-order valence-corrected chi connectivity index (χ4v) is 3.35. The van der Waals surface area contributed by atoms with Crippen molar-refractivity contribution in [3.8, 4) is 0 Å². The zero-order chi connectivity index (χ0) is 16.5. The number of aromatic amines is 2. The van der Waals surface area contributed by atoms with Crippen molar-refractivity contribution in [2.45, 2.75) is 32.3 Å². The normalized spacial score (nSPS) is 18.1. The van der Waals surface area contributed by atoms with E-state index in [1.807, 2.05) is 12.4 Å². The number of aryl methyl sites for hydroxylation is 1. The lowest BCUT2D eigenvalue weighted by Crippen LogP contribution is -2.05. The number of hydrogen-bond donors (Lipinski definition) is 2. The fraction of sp³-hybridized carbons (Fsp3) is 0.353. The molecule has 1 aromatic carbocycles. The minimum atomic E-state index is -0.0373. The summed E-state index contributed by atoms with van der Waals surface area (Å²) in [7, 11) is 0. The second-order valence-electron chi connectivity index (χ2n) is 5.88. The van der Waals surface area contributed by atoms with E-state index in [9.17, 15) is 0 Å². The summed E-state index contributed by atoms with van der Waals surface area (Å²) in [6, 6.07) is 6.32. The summed E-state index contributed by atoms with van der Waals surface area (Å²) in [5, 5.41) is 12.8. The van der Waals surface area contributed by atoms with Crippen LogP contribution in [0.1, 0.15) is 42.8 Å². The van der Waals surface area contributed by atoms with Gasteiger partial charge in [-0.3, -0.25) is 5.10 Å². The third-order valence-corrected chi connectivity index (χ3v) is 4.68. The Labute approximate surface area is 144 Å². The van der Waals surface area contributed by atoms with Crippen molar-refractivity contribution in [3.05, 3.63) is 46.1 Å². The van der Waals surface area contributed by atoms with Gasteiger partial charge in [-0.05, 0) is 37.0 Å². The molecule has 1 aliphatic heterocycles. The van der Waals surface area contributed by atoms with E-state index in [1.54, 1.807) is 4.68 Å². The molecule has 1 aliphatic rings. The number of aromatic nitrogens is 4. The van der Waals surface area contributed by atoms with E-state index in [0.29, 0.717) is 4.77 Å². The van der Waals surface area contributed by atoms with E-state index in [-0.39, 0.29) is 6.10 Å². The number of rotatable bonds is 4. The molecular weight excluding hydrogens is 322 g/mol. The molecule has 0 bridgehead atoms. The lowest BCUT2D eigenvalue weighted by Gasteiger charge is -2.07. The summed E-state index contributed by atoms with van der Waals surface area (Å²) in [5.41, 5.74) is 3.49. The molecule has 0 spiro atoms. The third kappa shape index (κ3) is 2.59. The van der Waals surface area contributed by atoms with Crippen LogP contribution in [-0.2, 0) is 11.2 Å². The second-order valence-corrected chi connectivity index (χ2v) is 6.27. The average Bonchev–Trinajstić information content (AvgIpc) is 3.32. The predicted octanol–water partition coefficient (Wildman–Crippen LogP) is 3.72. The molecule has 7 heteroatoms. The highest BCUT2D eigenvalue weighted by Crippen LogP contribution is 2.27. The van der Waals surface area contributed by atoms with E-state index in [0.717, 1.165) is 48.2 Å². The molecule has 6 nitrogen and oxygen atoms in total. The maximum Gasteiger partial charge on any atom is 0.216 e. The third-order valence-electron chi connectivity index (χ3n) is 4.42. The molecule has 1 fully saturated rings. The number of H-pyrrole nitrogens is 2. The van der Waals surface area contributed by atoms with Crippen LogP contribution < -0.4 is 0 Å². The molecule has 24 heavy (non-hydrogen) atoms. The van der Waals surface area contributed by atoms with Crippen LogP contribution in [0.25, 0.3) is 10.9 Å². The van der Waals surface area contributed by atoms with Crippen molar-refractivity contribution in [1.82, 2.24) is 19.9 Å². The Kier molecular flexibility index (Phi) is 4.03. The quantitative estimate of drug-likeness (QED) is 0.561. The molecule has 3 heterocycles. The smallest absolute Gasteiger partial charge is 0.216 e. The van der Waals surface area contributed by atoms with Crippen LogP contribution in [0, 0.1) is 4.77 Å². The van der Waals surface area contributed by atoms with Gasteiger partial charge in [-0.15, -0.1) is 0 Å². The Bertz CT molecular complexity index is 945. The number of hydrogen-bond acceptors (Lipinski definition) is 4. The summed E-state index contributed by atoms with van der Waals surface area (Å²) >= 11 is 5.31. The SMILES string of the molecule is CCc1cccc2c(/C=N/n3c([C@@H]4CCCO4)n[nH]c3=S)c[nH]c12. The lowest BCUT2D eigenvalue weighted by molar-refractivity contribution is 0.102. The molecular formula is C17H19N5OS. The molecule has 124 valence electrons. The van der Waals surface area contributed by atoms with Crippen LogP contribution in [0.4, 0.5) is 0 Å². The molecule has 1 atom stereocenters. The topological polar surface area (TPSA) is 71.0 Å². The Hall–Kier alpha value is -2.25. The van der Waals surface area contributed by atoms with Crippen molar-refractivity contribution < 1.29 is 4.74 Å². The first kappa shape index (κ1) is 15.3. The highest BCUT2D eigenvalue weighted by atomic mass is 32.1. The minimum Gasteiger partial charge on any atom is -0.370 e. The Morgan fingerprint density at radius 3 is 3.21 bits per heavy atom. The second kappa shape index (κ2) is 6.33. The van der Waals surface area contributed by atoms with Gasteiger partial charge in [-0.1, -0.05) is 25.1 Å². The first-order valence-corrected chi connectivity index (χ1v) is 8.61. The number of benzene rings is 1. The Morgan fingerprint density at radius 2 is 2.42 bits per heavy atom. The molecule has 0 saturated carbocycles. The number of fused-ring (bicyclic) bond motifs is 1. The fourth-order valence-electron chi connectivity index (χ4n) is 3.17. The van der Waals surface area contributed by atoms with Crippen molar-refractivity contribution in [1.29, 1.82) is 0 Å². The number of nitrogens with one attached hydrogen (secondary N) is 2. The van der Waals surface area contributed by atoms with Crippen LogP contribution in [0.2, 0.25) is 0 Å². The van der Waals surface area contributed by atoms with Crippen molar-refractivity contribution in [2.75, 3.05) is 6.61 Å². The van der Waals surface area contributed by atoms with Crippen molar-refractivity contribution >= 4 is 29.3 Å². The van der Waals surface area contributed by atoms with Gasteiger partial charge < -0.3 is 9.72 Å². The van der Waals surface area contributed by atoms with Gasteiger partial charge in [0.25, 0.3) is 0 Å². The zero-order valence-electron chi connectivity index (χ0n) is 13.5. The monoisotopic (exact) mass is 341 g/mol.